The molecule has 0 bridgehead atoms. The first-order chi connectivity index (χ1) is 12.5. The van der Waals surface area contributed by atoms with Crippen molar-refractivity contribution in [1.82, 2.24) is 9.88 Å². The topological polar surface area (TPSA) is 68.7 Å². The molecule has 26 heavy (non-hydrogen) atoms. The summed E-state index contributed by atoms with van der Waals surface area (Å²) < 4.78 is 0. The number of nitroso groups, excluding NO2 is 1. The predicted octanol–water partition coefficient (Wildman–Crippen LogP) is 4.93. The van der Waals surface area contributed by atoms with E-state index in [0.29, 0.717) is 5.39 Å². The minimum atomic E-state index is -0.149. The Morgan fingerprint density at radius 1 is 1.23 bits per heavy atom. The molecular weight excluding hydrogens is 326 g/mol. The molecule has 0 saturated heterocycles. The van der Waals surface area contributed by atoms with Gasteiger partial charge in [0.05, 0.1) is 5.52 Å². The molecule has 0 saturated carbocycles. The van der Waals surface area contributed by atoms with Crippen LogP contribution in [0.3, 0.4) is 0 Å². The van der Waals surface area contributed by atoms with E-state index in [1.54, 1.807) is 0 Å². The standard InChI is InChI=1S/C21H23N3O2/c1-4-24-9-8-15-16(14-7-5-6-12(2)13(14)3)10-17-19(18(15)11-24)22-21(25)20(17)23-26/h5-7,10,22,25H,4,8-9,11H2,1-3H3. The second-order valence-corrected chi connectivity index (χ2v) is 7.08. The van der Waals surface area contributed by atoms with Crippen LogP contribution in [0.1, 0.15) is 29.2 Å². The van der Waals surface area contributed by atoms with Gasteiger partial charge in [0, 0.05) is 18.5 Å². The zero-order valence-electron chi connectivity index (χ0n) is 15.4. The van der Waals surface area contributed by atoms with E-state index in [-0.39, 0.29) is 11.6 Å². The maximum Gasteiger partial charge on any atom is 0.219 e. The largest absolute Gasteiger partial charge is 0.493 e. The summed E-state index contributed by atoms with van der Waals surface area (Å²) in [5.74, 6) is -0.149. The van der Waals surface area contributed by atoms with Crippen LogP contribution >= 0.6 is 0 Å². The van der Waals surface area contributed by atoms with Crippen LogP contribution in [-0.4, -0.2) is 28.1 Å². The number of likely N-dealkylation sites (N-methyl/N-ethyl adjacent to an activating group) is 1. The number of fused-ring (bicyclic) bond motifs is 3. The van der Waals surface area contributed by atoms with Crippen LogP contribution in [0.2, 0.25) is 0 Å². The number of hydrogen-bond acceptors (Lipinski definition) is 4. The molecular formula is C21H23N3O2. The number of aromatic hydroxyl groups is 1. The Labute approximate surface area is 152 Å². The SMILES string of the molecule is CCN1CCc2c(-c3cccc(C)c3C)cc3c(N=O)c(O)[nH]c3c2C1. The van der Waals surface area contributed by atoms with E-state index in [4.69, 9.17) is 0 Å². The van der Waals surface area contributed by atoms with Gasteiger partial charge < -0.3 is 10.1 Å². The van der Waals surface area contributed by atoms with Gasteiger partial charge >= 0.3 is 0 Å². The van der Waals surface area contributed by atoms with Crippen LogP contribution in [0.5, 0.6) is 5.88 Å². The molecule has 2 N–H and O–H groups in total. The number of H-pyrrole nitrogens is 1. The third-order valence-corrected chi connectivity index (χ3v) is 5.77. The van der Waals surface area contributed by atoms with E-state index in [1.807, 2.05) is 6.07 Å². The van der Waals surface area contributed by atoms with Gasteiger partial charge in [-0.1, -0.05) is 25.1 Å². The molecule has 0 amide bonds. The highest BCUT2D eigenvalue weighted by Gasteiger charge is 2.25. The van der Waals surface area contributed by atoms with Gasteiger partial charge in [0.15, 0.2) is 5.69 Å². The molecule has 0 spiro atoms. The summed E-state index contributed by atoms with van der Waals surface area (Å²) >= 11 is 0. The molecule has 1 aromatic heterocycles. The second-order valence-electron chi connectivity index (χ2n) is 7.08. The van der Waals surface area contributed by atoms with Crippen molar-refractivity contribution >= 4 is 16.6 Å². The normalized spacial score (nSPS) is 14.6. The highest BCUT2D eigenvalue weighted by molar-refractivity contribution is 6.00. The summed E-state index contributed by atoms with van der Waals surface area (Å²) in [6.45, 7) is 9.19. The summed E-state index contributed by atoms with van der Waals surface area (Å²) in [7, 11) is 0. The quantitative estimate of drug-likeness (QED) is 0.659. The molecule has 0 atom stereocenters. The summed E-state index contributed by atoms with van der Waals surface area (Å²) in [4.78, 5) is 16.7. The first kappa shape index (κ1) is 16.8. The second kappa shape index (κ2) is 6.25. The van der Waals surface area contributed by atoms with Gasteiger partial charge in [-0.2, -0.15) is 0 Å². The fourth-order valence-electron chi connectivity index (χ4n) is 4.09. The molecule has 134 valence electrons. The van der Waals surface area contributed by atoms with E-state index >= 15 is 0 Å². The molecule has 5 nitrogen and oxygen atoms in total. The van der Waals surface area contributed by atoms with Crippen molar-refractivity contribution in [2.24, 2.45) is 5.18 Å². The monoisotopic (exact) mass is 349 g/mol. The minimum absolute atomic E-state index is 0.1000. The molecule has 2 heterocycles. The van der Waals surface area contributed by atoms with E-state index in [1.165, 1.54) is 22.3 Å². The Kier molecular flexibility index (Phi) is 4.04. The zero-order valence-corrected chi connectivity index (χ0v) is 15.4. The van der Waals surface area contributed by atoms with Crippen molar-refractivity contribution in [2.45, 2.75) is 33.7 Å². The van der Waals surface area contributed by atoms with Crippen molar-refractivity contribution in [3.05, 3.63) is 51.4 Å². The molecule has 0 radical (unpaired) electrons. The number of rotatable bonds is 3. The van der Waals surface area contributed by atoms with Crippen LogP contribution in [-0.2, 0) is 13.0 Å². The molecule has 0 fully saturated rings. The highest BCUT2D eigenvalue weighted by atomic mass is 16.3. The lowest BCUT2D eigenvalue weighted by Crippen LogP contribution is -2.30. The molecule has 5 heteroatoms. The third kappa shape index (κ3) is 2.42. The highest BCUT2D eigenvalue weighted by Crippen LogP contribution is 2.43. The lowest BCUT2D eigenvalue weighted by Gasteiger charge is -2.30. The lowest BCUT2D eigenvalue weighted by molar-refractivity contribution is 0.269. The first-order valence-corrected chi connectivity index (χ1v) is 9.06. The smallest absolute Gasteiger partial charge is 0.219 e. The number of hydrogen-bond donors (Lipinski definition) is 2. The Morgan fingerprint density at radius 3 is 2.77 bits per heavy atom. The van der Waals surface area contributed by atoms with Crippen LogP contribution in [0, 0.1) is 18.8 Å². The minimum Gasteiger partial charge on any atom is -0.493 e. The van der Waals surface area contributed by atoms with Crippen molar-refractivity contribution in [2.75, 3.05) is 13.1 Å². The van der Waals surface area contributed by atoms with E-state index in [2.05, 4.69) is 54.0 Å². The molecule has 0 aliphatic carbocycles. The van der Waals surface area contributed by atoms with Gasteiger partial charge in [-0.15, -0.1) is 4.91 Å². The van der Waals surface area contributed by atoms with Crippen LogP contribution < -0.4 is 0 Å². The van der Waals surface area contributed by atoms with Crippen molar-refractivity contribution in [3.8, 4) is 17.0 Å². The number of nitrogens with one attached hydrogen (secondary N) is 1. The van der Waals surface area contributed by atoms with Crippen LogP contribution in [0.15, 0.2) is 29.4 Å². The molecule has 4 rings (SSSR count). The van der Waals surface area contributed by atoms with Gasteiger partial charge in [-0.05, 0) is 71.4 Å². The number of nitrogens with zero attached hydrogens (tertiary/aromatic N) is 2. The van der Waals surface area contributed by atoms with Crippen molar-refractivity contribution < 1.29 is 5.11 Å². The molecule has 2 aromatic carbocycles. The van der Waals surface area contributed by atoms with Crippen LogP contribution in [0.25, 0.3) is 22.0 Å². The van der Waals surface area contributed by atoms with Crippen molar-refractivity contribution in [1.29, 1.82) is 0 Å². The molecule has 1 aliphatic heterocycles. The number of aryl methyl sites for hydroxylation is 1. The Bertz CT molecular complexity index is 1020. The van der Waals surface area contributed by atoms with Gasteiger partial charge in [0.1, 0.15) is 0 Å². The van der Waals surface area contributed by atoms with Gasteiger partial charge in [0.2, 0.25) is 5.88 Å². The maximum absolute atomic E-state index is 11.3. The molecule has 3 aromatic rings. The van der Waals surface area contributed by atoms with Gasteiger partial charge in [-0.25, -0.2) is 0 Å². The van der Waals surface area contributed by atoms with Gasteiger partial charge in [0.25, 0.3) is 0 Å². The van der Waals surface area contributed by atoms with Gasteiger partial charge in [-0.3, -0.25) is 4.90 Å². The predicted molar refractivity (Wildman–Crippen MR) is 105 cm³/mol. The Morgan fingerprint density at radius 2 is 2.04 bits per heavy atom. The first-order valence-electron chi connectivity index (χ1n) is 9.06. The average Bonchev–Trinajstić information content (AvgIpc) is 2.98. The van der Waals surface area contributed by atoms with E-state index in [0.717, 1.165) is 42.7 Å². The maximum atomic E-state index is 11.3. The van der Waals surface area contributed by atoms with E-state index < -0.39 is 0 Å². The average molecular weight is 349 g/mol. The number of benzene rings is 2. The molecule has 0 unspecified atom stereocenters. The fraction of sp³-hybridized carbons (Fsp3) is 0.333. The number of aromatic nitrogens is 1. The van der Waals surface area contributed by atoms with E-state index in [9.17, 15) is 10.0 Å². The van der Waals surface area contributed by atoms with Crippen molar-refractivity contribution in [3.63, 3.8) is 0 Å². The number of aromatic amines is 1. The fourth-order valence-corrected chi connectivity index (χ4v) is 4.09. The summed E-state index contributed by atoms with van der Waals surface area (Å²) in [6.07, 6.45) is 0.950. The summed E-state index contributed by atoms with van der Waals surface area (Å²) in [5, 5.41) is 13.9. The summed E-state index contributed by atoms with van der Waals surface area (Å²) in [6, 6.07) is 8.34. The zero-order chi connectivity index (χ0) is 18.4. The lowest BCUT2D eigenvalue weighted by atomic mass is 9.86. The third-order valence-electron chi connectivity index (χ3n) is 5.77. The Hall–Kier alpha value is -2.66. The summed E-state index contributed by atoms with van der Waals surface area (Å²) in [5.41, 5.74) is 8.22. The molecule has 1 aliphatic rings. The Balaban J connectivity index is 2.07. The van der Waals surface area contributed by atoms with Crippen LogP contribution in [0.4, 0.5) is 5.69 Å².